The molecule has 0 saturated carbocycles. The molecular formula is C24H30N2O4. The van der Waals surface area contributed by atoms with Crippen molar-refractivity contribution >= 4 is 17.5 Å². The van der Waals surface area contributed by atoms with Gasteiger partial charge in [0.2, 0.25) is 0 Å². The number of amides is 2. The summed E-state index contributed by atoms with van der Waals surface area (Å²) < 4.78 is 10.9. The van der Waals surface area contributed by atoms with Crippen molar-refractivity contribution in [2.75, 3.05) is 38.2 Å². The van der Waals surface area contributed by atoms with E-state index < -0.39 is 0 Å². The Bertz CT molecular complexity index is 854. The Hall–Kier alpha value is -2.86. The number of benzene rings is 2. The van der Waals surface area contributed by atoms with Crippen molar-refractivity contribution in [3.05, 3.63) is 59.7 Å². The first-order chi connectivity index (χ1) is 14.4. The Morgan fingerprint density at radius 3 is 2.27 bits per heavy atom. The molecule has 2 aromatic carbocycles. The van der Waals surface area contributed by atoms with E-state index in [2.05, 4.69) is 26.1 Å². The van der Waals surface area contributed by atoms with Gasteiger partial charge in [0.1, 0.15) is 5.75 Å². The summed E-state index contributed by atoms with van der Waals surface area (Å²) >= 11 is 0. The summed E-state index contributed by atoms with van der Waals surface area (Å²) in [5, 5.41) is 2.79. The molecule has 1 saturated heterocycles. The van der Waals surface area contributed by atoms with E-state index in [1.165, 1.54) is 5.56 Å². The molecule has 160 valence electrons. The highest BCUT2D eigenvalue weighted by Crippen LogP contribution is 2.28. The fraction of sp³-hybridized carbons (Fsp3) is 0.417. The fourth-order valence-electron chi connectivity index (χ4n) is 3.20. The molecule has 0 radical (unpaired) electrons. The van der Waals surface area contributed by atoms with E-state index in [-0.39, 0.29) is 23.8 Å². The quantitative estimate of drug-likeness (QED) is 0.753. The number of nitrogens with one attached hydrogen (secondary N) is 1. The zero-order chi connectivity index (χ0) is 21.6. The first kappa shape index (κ1) is 21.8. The summed E-state index contributed by atoms with van der Waals surface area (Å²) in [5.41, 5.74) is 2.59. The van der Waals surface area contributed by atoms with Gasteiger partial charge in [0, 0.05) is 24.3 Å². The van der Waals surface area contributed by atoms with Crippen LogP contribution in [0.25, 0.3) is 0 Å². The van der Waals surface area contributed by atoms with Gasteiger partial charge in [0.25, 0.3) is 11.8 Å². The Kier molecular flexibility index (Phi) is 7.11. The first-order valence-corrected chi connectivity index (χ1v) is 10.4. The molecule has 1 N–H and O–H groups in total. The third-order valence-electron chi connectivity index (χ3n) is 5.60. The normalized spacial score (nSPS) is 14.3. The van der Waals surface area contributed by atoms with Crippen LogP contribution in [0.15, 0.2) is 48.5 Å². The Labute approximate surface area is 178 Å². The molecule has 0 unspecified atom stereocenters. The third-order valence-corrected chi connectivity index (χ3v) is 5.60. The van der Waals surface area contributed by atoms with E-state index >= 15 is 0 Å². The zero-order valence-corrected chi connectivity index (χ0v) is 17.9. The predicted octanol–water partition coefficient (Wildman–Crippen LogP) is 3.86. The number of carbonyl (C=O) groups is 2. The lowest BCUT2D eigenvalue weighted by atomic mass is 9.82. The molecule has 2 aromatic rings. The van der Waals surface area contributed by atoms with Crippen molar-refractivity contribution in [2.45, 2.75) is 32.6 Å². The molecule has 1 heterocycles. The molecule has 1 fully saturated rings. The van der Waals surface area contributed by atoms with Gasteiger partial charge in [-0.3, -0.25) is 9.59 Å². The molecule has 30 heavy (non-hydrogen) atoms. The smallest absolute Gasteiger partial charge is 0.262 e. The molecule has 0 spiro atoms. The van der Waals surface area contributed by atoms with Crippen LogP contribution in [0.3, 0.4) is 0 Å². The van der Waals surface area contributed by atoms with Crippen molar-refractivity contribution in [3.8, 4) is 5.75 Å². The summed E-state index contributed by atoms with van der Waals surface area (Å²) in [6.07, 6.45) is 1.05. The Morgan fingerprint density at radius 1 is 1.03 bits per heavy atom. The second kappa shape index (κ2) is 9.76. The van der Waals surface area contributed by atoms with Gasteiger partial charge in [-0.15, -0.1) is 0 Å². The van der Waals surface area contributed by atoms with Crippen molar-refractivity contribution in [3.63, 3.8) is 0 Å². The predicted molar refractivity (Wildman–Crippen MR) is 117 cm³/mol. The van der Waals surface area contributed by atoms with Gasteiger partial charge in [-0.25, -0.2) is 0 Å². The SMILES string of the molecule is CCC(C)(C)c1ccc(OCC(=O)Nc2ccc(C(=O)N3CCOCC3)cc2)cc1. The number of nitrogens with zero attached hydrogens (tertiary/aromatic N) is 1. The molecule has 0 atom stereocenters. The maximum absolute atomic E-state index is 12.5. The minimum Gasteiger partial charge on any atom is -0.484 e. The largest absolute Gasteiger partial charge is 0.484 e. The van der Waals surface area contributed by atoms with Gasteiger partial charge in [-0.05, 0) is 53.8 Å². The van der Waals surface area contributed by atoms with Crippen LogP contribution in [0, 0.1) is 0 Å². The molecule has 1 aliphatic heterocycles. The monoisotopic (exact) mass is 410 g/mol. The van der Waals surface area contributed by atoms with Gasteiger partial charge in [-0.2, -0.15) is 0 Å². The Morgan fingerprint density at radius 2 is 1.67 bits per heavy atom. The van der Waals surface area contributed by atoms with Crippen LogP contribution < -0.4 is 10.1 Å². The highest BCUT2D eigenvalue weighted by atomic mass is 16.5. The lowest BCUT2D eigenvalue weighted by Gasteiger charge is -2.26. The maximum atomic E-state index is 12.5. The standard InChI is InChI=1S/C24H30N2O4/c1-4-24(2,3)19-7-11-21(12-8-19)30-17-22(27)25-20-9-5-18(6-10-20)23(28)26-13-15-29-16-14-26/h5-12H,4,13-17H2,1-3H3,(H,25,27). The molecule has 0 aliphatic carbocycles. The van der Waals surface area contributed by atoms with Crippen LogP contribution in [-0.4, -0.2) is 49.6 Å². The number of carbonyl (C=O) groups excluding carboxylic acids is 2. The maximum Gasteiger partial charge on any atom is 0.262 e. The lowest BCUT2D eigenvalue weighted by Crippen LogP contribution is -2.40. The molecule has 0 bridgehead atoms. The van der Waals surface area contributed by atoms with Crippen LogP contribution in [0.4, 0.5) is 5.69 Å². The molecule has 0 aromatic heterocycles. The summed E-state index contributed by atoms with van der Waals surface area (Å²) in [5.74, 6) is 0.390. The average molecular weight is 411 g/mol. The van der Waals surface area contributed by atoms with E-state index in [1.54, 1.807) is 29.2 Å². The zero-order valence-electron chi connectivity index (χ0n) is 17.9. The highest BCUT2D eigenvalue weighted by Gasteiger charge is 2.19. The van der Waals surface area contributed by atoms with Crippen LogP contribution in [0.1, 0.15) is 43.1 Å². The minimum absolute atomic E-state index is 0.0193. The summed E-state index contributed by atoms with van der Waals surface area (Å²) in [6, 6.07) is 14.8. The minimum atomic E-state index is -0.250. The number of hydrogen-bond acceptors (Lipinski definition) is 4. The molecular weight excluding hydrogens is 380 g/mol. The molecule has 3 rings (SSSR count). The van der Waals surface area contributed by atoms with Crippen molar-refractivity contribution < 1.29 is 19.1 Å². The van der Waals surface area contributed by atoms with Crippen molar-refractivity contribution in [1.82, 2.24) is 4.90 Å². The lowest BCUT2D eigenvalue weighted by molar-refractivity contribution is -0.118. The van der Waals surface area contributed by atoms with Crippen molar-refractivity contribution in [1.29, 1.82) is 0 Å². The van der Waals surface area contributed by atoms with Crippen LogP contribution in [0.2, 0.25) is 0 Å². The molecule has 6 heteroatoms. The van der Waals surface area contributed by atoms with Gasteiger partial charge >= 0.3 is 0 Å². The third kappa shape index (κ3) is 5.60. The summed E-state index contributed by atoms with van der Waals surface area (Å²) in [6.45, 7) is 8.84. The van der Waals surface area contributed by atoms with Gasteiger partial charge in [-0.1, -0.05) is 32.9 Å². The topological polar surface area (TPSA) is 67.9 Å². The van der Waals surface area contributed by atoms with E-state index in [4.69, 9.17) is 9.47 Å². The number of ether oxygens (including phenoxy) is 2. The number of anilines is 1. The molecule has 1 aliphatic rings. The summed E-state index contributed by atoms with van der Waals surface area (Å²) in [4.78, 5) is 26.4. The molecule has 6 nitrogen and oxygen atoms in total. The first-order valence-electron chi connectivity index (χ1n) is 10.4. The van der Waals surface area contributed by atoms with Crippen LogP contribution in [-0.2, 0) is 14.9 Å². The van der Waals surface area contributed by atoms with Gasteiger partial charge < -0.3 is 19.7 Å². The van der Waals surface area contributed by atoms with Gasteiger partial charge in [0.05, 0.1) is 13.2 Å². The number of rotatable bonds is 7. The van der Waals surface area contributed by atoms with Crippen LogP contribution in [0.5, 0.6) is 5.75 Å². The van der Waals surface area contributed by atoms with E-state index in [1.807, 2.05) is 24.3 Å². The van der Waals surface area contributed by atoms with E-state index in [9.17, 15) is 9.59 Å². The highest BCUT2D eigenvalue weighted by molar-refractivity contribution is 5.96. The fourth-order valence-corrected chi connectivity index (χ4v) is 3.20. The number of hydrogen-bond donors (Lipinski definition) is 1. The average Bonchev–Trinajstić information content (AvgIpc) is 2.78. The molecule has 2 amide bonds. The Balaban J connectivity index is 1.49. The van der Waals surface area contributed by atoms with E-state index in [0.717, 1.165) is 6.42 Å². The second-order valence-corrected chi connectivity index (χ2v) is 8.08. The second-order valence-electron chi connectivity index (χ2n) is 8.08. The van der Waals surface area contributed by atoms with Crippen molar-refractivity contribution in [2.24, 2.45) is 0 Å². The number of morpholine rings is 1. The van der Waals surface area contributed by atoms with Crippen LogP contribution >= 0.6 is 0 Å². The van der Waals surface area contributed by atoms with E-state index in [0.29, 0.717) is 43.3 Å². The summed E-state index contributed by atoms with van der Waals surface area (Å²) in [7, 11) is 0. The van der Waals surface area contributed by atoms with Gasteiger partial charge in [0.15, 0.2) is 6.61 Å².